The summed E-state index contributed by atoms with van der Waals surface area (Å²) in [5.74, 6) is 1.14. The van der Waals surface area contributed by atoms with Crippen molar-refractivity contribution >= 4 is 5.65 Å². The van der Waals surface area contributed by atoms with E-state index in [0.29, 0.717) is 18.3 Å². The number of aryl methyl sites for hydroxylation is 1. The molecule has 0 spiro atoms. The number of halogens is 3. The minimum Gasteiger partial charge on any atom is -0.493 e. The van der Waals surface area contributed by atoms with Crippen molar-refractivity contribution in [1.29, 1.82) is 0 Å². The molecule has 1 aliphatic rings. The van der Waals surface area contributed by atoms with Crippen LogP contribution in [0.5, 0.6) is 5.75 Å². The number of nitrogens with zero attached hydrogens (tertiary/aromatic N) is 2. The fraction of sp³-hybridized carbons (Fsp3) is 0.300. The third-order valence-corrected chi connectivity index (χ3v) is 4.58. The van der Waals surface area contributed by atoms with Gasteiger partial charge in [0.15, 0.2) is 5.69 Å². The predicted molar refractivity (Wildman–Crippen MR) is 94.9 cm³/mol. The van der Waals surface area contributed by atoms with Gasteiger partial charge in [-0.3, -0.25) is 9.20 Å². The third-order valence-electron chi connectivity index (χ3n) is 4.58. The lowest BCUT2D eigenvalue weighted by Crippen LogP contribution is -2.24. The second kappa shape index (κ2) is 6.40. The van der Waals surface area contributed by atoms with E-state index >= 15 is 0 Å². The molecule has 0 saturated heterocycles. The quantitative estimate of drug-likeness (QED) is 0.676. The van der Waals surface area contributed by atoms with Gasteiger partial charge in [0.1, 0.15) is 11.4 Å². The van der Waals surface area contributed by atoms with Crippen LogP contribution in [0.25, 0.3) is 16.8 Å². The van der Waals surface area contributed by atoms with E-state index in [-0.39, 0.29) is 11.2 Å². The highest BCUT2D eigenvalue weighted by molar-refractivity contribution is 5.68. The summed E-state index contributed by atoms with van der Waals surface area (Å²) >= 11 is 0. The van der Waals surface area contributed by atoms with E-state index in [1.165, 1.54) is 24.4 Å². The fourth-order valence-corrected chi connectivity index (χ4v) is 2.92. The van der Waals surface area contributed by atoms with E-state index in [9.17, 15) is 18.0 Å². The van der Waals surface area contributed by atoms with E-state index in [4.69, 9.17) is 4.74 Å². The molecule has 0 unspecified atom stereocenters. The first-order chi connectivity index (χ1) is 12.8. The van der Waals surface area contributed by atoms with E-state index in [0.717, 1.165) is 22.8 Å². The minimum atomic E-state index is -4.74. The summed E-state index contributed by atoms with van der Waals surface area (Å²) in [5, 5.41) is 0. The van der Waals surface area contributed by atoms with Crippen LogP contribution < -0.4 is 10.3 Å². The molecule has 2 heterocycles. The Kier molecular flexibility index (Phi) is 4.17. The molecule has 4 rings (SSSR count). The van der Waals surface area contributed by atoms with Gasteiger partial charge in [0.25, 0.3) is 5.56 Å². The summed E-state index contributed by atoms with van der Waals surface area (Å²) in [6.45, 7) is 2.33. The van der Waals surface area contributed by atoms with Crippen molar-refractivity contribution in [3.8, 4) is 16.9 Å². The lowest BCUT2D eigenvalue weighted by molar-refractivity contribution is -0.140. The Hall–Kier alpha value is -2.83. The van der Waals surface area contributed by atoms with Crippen molar-refractivity contribution in [1.82, 2.24) is 9.38 Å². The molecule has 1 aliphatic carbocycles. The first-order valence-electron chi connectivity index (χ1n) is 8.66. The smallest absolute Gasteiger partial charge is 0.434 e. The maximum absolute atomic E-state index is 13.6. The zero-order chi connectivity index (χ0) is 19.2. The molecule has 0 bridgehead atoms. The molecule has 1 aromatic carbocycles. The van der Waals surface area contributed by atoms with Gasteiger partial charge < -0.3 is 4.74 Å². The number of hydrogen-bond acceptors (Lipinski definition) is 3. The first kappa shape index (κ1) is 17.6. The predicted octanol–water partition coefficient (Wildman–Crippen LogP) is 4.48. The molecule has 0 N–H and O–H groups in total. The van der Waals surface area contributed by atoms with E-state index in [1.807, 2.05) is 0 Å². The largest absolute Gasteiger partial charge is 0.493 e. The highest BCUT2D eigenvalue weighted by atomic mass is 19.4. The lowest BCUT2D eigenvalue weighted by atomic mass is 10.0. The van der Waals surface area contributed by atoms with Crippen LogP contribution in [0.1, 0.15) is 24.1 Å². The number of fused-ring (bicyclic) bond motifs is 1. The maximum Gasteiger partial charge on any atom is 0.434 e. The molecule has 0 atom stereocenters. The highest BCUT2D eigenvalue weighted by Gasteiger charge is 2.38. The summed E-state index contributed by atoms with van der Waals surface area (Å²) in [7, 11) is 0. The van der Waals surface area contributed by atoms with Crippen LogP contribution >= 0.6 is 0 Å². The van der Waals surface area contributed by atoms with Gasteiger partial charge in [-0.2, -0.15) is 13.2 Å². The van der Waals surface area contributed by atoms with Crippen LogP contribution in [0.3, 0.4) is 0 Å². The van der Waals surface area contributed by atoms with Crippen molar-refractivity contribution in [2.24, 2.45) is 5.92 Å². The van der Waals surface area contributed by atoms with Gasteiger partial charge in [-0.1, -0.05) is 12.1 Å². The summed E-state index contributed by atoms with van der Waals surface area (Å²) in [4.78, 5) is 16.5. The zero-order valence-electron chi connectivity index (χ0n) is 14.6. The first-order valence-corrected chi connectivity index (χ1v) is 8.66. The van der Waals surface area contributed by atoms with Crippen LogP contribution in [0.4, 0.5) is 13.2 Å². The number of alkyl halides is 3. The average Bonchev–Trinajstić information content (AvgIpc) is 3.44. The number of pyridine rings is 1. The lowest BCUT2D eigenvalue weighted by Gasteiger charge is -2.14. The van der Waals surface area contributed by atoms with Crippen LogP contribution in [0.2, 0.25) is 0 Å². The van der Waals surface area contributed by atoms with E-state index in [1.54, 1.807) is 25.1 Å². The van der Waals surface area contributed by atoms with Crippen molar-refractivity contribution < 1.29 is 17.9 Å². The van der Waals surface area contributed by atoms with Crippen LogP contribution in [-0.2, 0) is 6.18 Å². The molecule has 1 fully saturated rings. The normalized spacial score (nSPS) is 14.5. The van der Waals surface area contributed by atoms with E-state index < -0.39 is 23.0 Å². The molecule has 3 aromatic rings. The molecule has 2 aromatic heterocycles. The van der Waals surface area contributed by atoms with Gasteiger partial charge in [-0.15, -0.1) is 0 Å². The van der Waals surface area contributed by atoms with Crippen LogP contribution in [0, 0.1) is 12.8 Å². The molecule has 7 heteroatoms. The number of benzene rings is 1. The topological polar surface area (TPSA) is 43.6 Å². The molecule has 0 radical (unpaired) electrons. The molecular weight excluding hydrogens is 357 g/mol. The SMILES string of the molecule is Cc1ccn2c(=O)c(-c3ccc(OCC4CC4)cc3)c(C(F)(F)F)nc2c1. The van der Waals surface area contributed by atoms with Crippen molar-refractivity contribution in [2.45, 2.75) is 25.9 Å². The summed E-state index contributed by atoms with van der Waals surface area (Å²) < 4.78 is 47.6. The van der Waals surface area contributed by atoms with Crippen molar-refractivity contribution in [3.63, 3.8) is 0 Å². The van der Waals surface area contributed by atoms with Crippen molar-refractivity contribution in [2.75, 3.05) is 6.61 Å². The van der Waals surface area contributed by atoms with Crippen LogP contribution in [0.15, 0.2) is 47.4 Å². The summed E-state index contributed by atoms with van der Waals surface area (Å²) in [5.41, 5.74) is -1.53. The van der Waals surface area contributed by atoms with Gasteiger partial charge in [0, 0.05) is 6.20 Å². The molecule has 0 aliphatic heterocycles. The zero-order valence-corrected chi connectivity index (χ0v) is 14.6. The molecule has 1 saturated carbocycles. The Morgan fingerprint density at radius 2 is 1.89 bits per heavy atom. The minimum absolute atomic E-state index is 0.0274. The number of rotatable bonds is 4. The Labute approximate surface area is 153 Å². The van der Waals surface area contributed by atoms with Crippen molar-refractivity contribution in [3.05, 3.63) is 64.2 Å². The number of hydrogen-bond donors (Lipinski definition) is 0. The maximum atomic E-state index is 13.6. The number of ether oxygens (including phenoxy) is 1. The average molecular weight is 374 g/mol. The summed E-state index contributed by atoms with van der Waals surface area (Å²) in [6.07, 6.45) is -1.01. The Bertz CT molecular complexity index is 1050. The molecule has 0 amide bonds. The van der Waals surface area contributed by atoms with Gasteiger partial charge in [-0.25, -0.2) is 4.98 Å². The Morgan fingerprint density at radius 3 is 2.52 bits per heavy atom. The molecule has 140 valence electrons. The molecular formula is C20H17F3N2O2. The monoisotopic (exact) mass is 374 g/mol. The van der Waals surface area contributed by atoms with Gasteiger partial charge >= 0.3 is 6.18 Å². The highest BCUT2D eigenvalue weighted by Crippen LogP contribution is 2.35. The second-order valence-corrected chi connectivity index (χ2v) is 6.85. The Morgan fingerprint density at radius 1 is 1.19 bits per heavy atom. The van der Waals surface area contributed by atoms with Gasteiger partial charge in [0.05, 0.1) is 12.2 Å². The van der Waals surface area contributed by atoms with Gasteiger partial charge in [-0.05, 0) is 61.1 Å². The fourth-order valence-electron chi connectivity index (χ4n) is 2.92. The van der Waals surface area contributed by atoms with Crippen LogP contribution in [-0.4, -0.2) is 16.0 Å². The number of aromatic nitrogens is 2. The standard InChI is InChI=1S/C20H17F3N2O2/c1-12-8-9-25-16(10-12)24-18(20(21,22)23)17(19(25)26)14-4-6-15(7-5-14)27-11-13-2-3-13/h4-10,13H,2-3,11H2,1H3. The molecule has 4 nitrogen and oxygen atoms in total. The Balaban J connectivity index is 1.82. The second-order valence-electron chi connectivity index (χ2n) is 6.85. The van der Waals surface area contributed by atoms with E-state index in [2.05, 4.69) is 4.98 Å². The summed E-state index contributed by atoms with van der Waals surface area (Å²) in [6, 6.07) is 9.22. The van der Waals surface area contributed by atoms with Gasteiger partial charge in [0.2, 0.25) is 0 Å². The third kappa shape index (κ3) is 3.54. The molecule has 27 heavy (non-hydrogen) atoms.